The van der Waals surface area contributed by atoms with Crippen molar-refractivity contribution in [3.05, 3.63) is 29.8 Å². The molecule has 7 nitrogen and oxygen atoms in total. The maximum Gasteiger partial charge on any atom is 0.240 e. The summed E-state index contributed by atoms with van der Waals surface area (Å²) < 4.78 is 28.0. The molecule has 1 saturated heterocycles. The minimum Gasteiger partial charge on any atom is -0.340 e. The second-order valence-corrected chi connectivity index (χ2v) is 10.8. The zero-order valence-corrected chi connectivity index (χ0v) is 18.8. The number of sulfonamides is 1. The van der Waals surface area contributed by atoms with Gasteiger partial charge in [0.25, 0.3) is 0 Å². The number of carbonyl (C=O) groups is 1. The lowest BCUT2D eigenvalue weighted by Crippen LogP contribution is -2.53. The number of rotatable bonds is 5. The number of nitrogens with one attached hydrogen (secondary N) is 1. The first kappa shape index (κ1) is 22.3. The zero-order chi connectivity index (χ0) is 21.8. The Hall–Kier alpha value is -1.95. The van der Waals surface area contributed by atoms with Crippen molar-refractivity contribution in [1.82, 2.24) is 14.5 Å². The van der Waals surface area contributed by atoms with Crippen LogP contribution < -0.4 is 4.72 Å². The number of benzene rings is 1. The molecule has 0 aromatic heterocycles. The summed E-state index contributed by atoms with van der Waals surface area (Å²) >= 11 is 0. The molecule has 1 aromatic rings. The summed E-state index contributed by atoms with van der Waals surface area (Å²) in [5.41, 5.74) is 0.432. The minimum absolute atomic E-state index is 0.00805. The summed E-state index contributed by atoms with van der Waals surface area (Å²) in [5.74, 6) is 0.258. The van der Waals surface area contributed by atoms with Crippen LogP contribution >= 0.6 is 0 Å². The lowest BCUT2D eigenvalue weighted by atomic mass is 9.85. The molecule has 0 spiro atoms. The molecule has 0 unspecified atom stereocenters. The minimum atomic E-state index is -3.62. The van der Waals surface area contributed by atoms with Crippen LogP contribution in [0.1, 0.15) is 56.9 Å². The van der Waals surface area contributed by atoms with Gasteiger partial charge in [0, 0.05) is 44.2 Å². The van der Waals surface area contributed by atoms with Gasteiger partial charge in [0.15, 0.2) is 0 Å². The molecule has 2 aliphatic carbocycles. The highest BCUT2D eigenvalue weighted by molar-refractivity contribution is 7.89. The van der Waals surface area contributed by atoms with E-state index in [1.165, 1.54) is 49.9 Å². The van der Waals surface area contributed by atoms with Crippen molar-refractivity contribution in [3.63, 3.8) is 0 Å². The number of amides is 1. The van der Waals surface area contributed by atoms with Gasteiger partial charge in [-0.2, -0.15) is 5.26 Å². The van der Waals surface area contributed by atoms with Crippen molar-refractivity contribution in [2.75, 3.05) is 26.2 Å². The van der Waals surface area contributed by atoms with E-state index in [9.17, 15) is 13.2 Å². The monoisotopic (exact) mass is 444 g/mol. The molecule has 1 aliphatic heterocycles. The Morgan fingerprint density at radius 3 is 2.13 bits per heavy atom. The van der Waals surface area contributed by atoms with Crippen LogP contribution in [0.25, 0.3) is 0 Å². The topological polar surface area (TPSA) is 93.5 Å². The van der Waals surface area contributed by atoms with E-state index < -0.39 is 10.0 Å². The SMILES string of the molecule is N#Cc1ccc(S(=O)(=O)N[C@H]2CC[C@H](C(=O)N3CCN(C4CCCC4)CC3)CC2)cc1. The fourth-order valence-corrected chi connectivity index (χ4v) is 6.59. The first-order valence-corrected chi connectivity index (χ1v) is 13.0. The molecule has 0 radical (unpaired) electrons. The number of nitrogens with zero attached hydrogens (tertiary/aromatic N) is 3. The fraction of sp³-hybridized carbons (Fsp3) is 0.652. The Morgan fingerprint density at radius 2 is 1.55 bits per heavy atom. The Balaban J connectivity index is 1.24. The Morgan fingerprint density at radius 1 is 0.935 bits per heavy atom. The second kappa shape index (κ2) is 9.68. The number of carbonyl (C=O) groups excluding carboxylic acids is 1. The molecule has 1 amide bonds. The molecule has 3 fully saturated rings. The Bertz CT molecular complexity index is 903. The van der Waals surface area contributed by atoms with Gasteiger partial charge < -0.3 is 4.90 Å². The normalized spacial score (nSPS) is 26.0. The Labute approximate surface area is 185 Å². The third-order valence-electron chi connectivity index (χ3n) is 7.16. The van der Waals surface area contributed by atoms with E-state index in [-0.39, 0.29) is 22.8 Å². The van der Waals surface area contributed by atoms with Crippen LogP contribution in [0.2, 0.25) is 0 Å². The first-order chi connectivity index (χ1) is 15.0. The average Bonchev–Trinajstić information content (AvgIpc) is 3.34. The summed E-state index contributed by atoms with van der Waals surface area (Å²) in [7, 11) is -3.62. The molecule has 3 aliphatic rings. The highest BCUT2D eigenvalue weighted by Crippen LogP contribution is 2.29. The molecule has 1 heterocycles. The van der Waals surface area contributed by atoms with Crippen molar-refractivity contribution in [2.45, 2.75) is 68.3 Å². The Kier molecular flexibility index (Phi) is 6.95. The first-order valence-electron chi connectivity index (χ1n) is 11.5. The van der Waals surface area contributed by atoms with E-state index in [0.29, 0.717) is 18.4 Å². The maximum absolute atomic E-state index is 13.0. The predicted molar refractivity (Wildman–Crippen MR) is 118 cm³/mol. The lowest BCUT2D eigenvalue weighted by Gasteiger charge is -2.40. The maximum atomic E-state index is 13.0. The lowest BCUT2D eigenvalue weighted by molar-refractivity contribution is -0.138. The van der Waals surface area contributed by atoms with Gasteiger partial charge in [0.05, 0.1) is 16.5 Å². The van der Waals surface area contributed by atoms with Gasteiger partial charge >= 0.3 is 0 Å². The van der Waals surface area contributed by atoms with Crippen LogP contribution in [0.15, 0.2) is 29.2 Å². The summed E-state index contributed by atoms with van der Waals surface area (Å²) in [4.78, 5) is 17.8. The van der Waals surface area contributed by atoms with Crippen LogP contribution in [0.4, 0.5) is 0 Å². The molecule has 2 saturated carbocycles. The molecule has 31 heavy (non-hydrogen) atoms. The molecule has 1 aromatic carbocycles. The third kappa shape index (κ3) is 5.28. The molecular formula is C23H32N4O3S. The fourth-order valence-electron chi connectivity index (χ4n) is 5.29. The van der Waals surface area contributed by atoms with Crippen LogP contribution in [-0.4, -0.2) is 62.4 Å². The van der Waals surface area contributed by atoms with Crippen LogP contribution in [0.5, 0.6) is 0 Å². The van der Waals surface area contributed by atoms with Crippen LogP contribution in [0.3, 0.4) is 0 Å². The van der Waals surface area contributed by atoms with E-state index >= 15 is 0 Å². The van der Waals surface area contributed by atoms with Gasteiger partial charge in [-0.25, -0.2) is 13.1 Å². The number of piperazine rings is 1. The molecule has 8 heteroatoms. The number of hydrogen-bond acceptors (Lipinski definition) is 5. The van der Waals surface area contributed by atoms with Crippen molar-refractivity contribution in [1.29, 1.82) is 5.26 Å². The smallest absolute Gasteiger partial charge is 0.240 e. The zero-order valence-electron chi connectivity index (χ0n) is 18.0. The van der Waals surface area contributed by atoms with E-state index in [1.807, 2.05) is 11.0 Å². The largest absolute Gasteiger partial charge is 0.340 e. The molecule has 0 bridgehead atoms. The van der Waals surface area contributed by atoms with Gasteiger partial charge in [0.2, 0.25) is 15.9 Å². The summed E-state index contributed by atoms with van der Waals surface area (Å²) in [6.07, 6.45) is 8.07. The number of nitriles is 1. The average molecular weight is 445 g/mol. The van der Waals surface area contributed by atoms with Crippen molar-refractivity contribution < 1.29 is 13.2 Å². The standard InChI is InChI=1S/C23H32N4O3S/c24-17-18-5-11-22(12-6-18)31(29,30)25-20-9-7-19(8-10-20)23(28)27-15-13-26(14-16-27)21-3-1-2-4-21/h5-6,11-12,19-21,25H,1-4,7-10,13-16H2/t19-,20-. The van der Waals surface area contributed by atoms with Crippen molar-refractivity contribution >= 4 is 15.9 Å². The highest BCUT2D eigenvalue weighted by Gasteiger charge is 2.34. The predicted octanol–water partition coefficient (Wildman–Crippen LogP) is 2.48. The third-order valence-corrected chi connectivity index (χ3v) is 8.70. The van der Waals surface area contributed by atoms with Crippen LogP contribution in [-0.2, 0) is 14.8 Å². The molecule has 1 N–H and O–H groups in total. The van der Waals surface area contributed by atoms with Gasteiger partial charge in [-0.05, 0) is 62.8 Å². The van der Waals surface area contributed by atoms with E-state index in [4.69, 9.17) is 5.26 Å². The summed E-state index contributed by atoms with van der Waals surface area (Å²) in [6.45, 7) is 3.60. The second-order valence-electron chi connectivity index (χ2n) is 9.11. The van der Waals surface area contributed by atoms with Gasteiger partial charge in [-0.15, -0.1) is 0 Å². The summed E-state index contributed by atoms with van der Waals surface area (Å²) in [6, 6.07) is 8.50. The van der Waals surface area contributed by atoms with Gasteiger partial charge in [-0.3, -0.25) is 9.69 Å². The molecular weight excluding hydrogens is 412 g/mol. The van der Waals surface area contributed by atoms with Gasteiger partial charge in [-0.1, -0.05) is 12.8 Å². The van der Waals surface area contributed by atoms with Gasteiger partial charge in [0.1, 0.15) is 0 Å². The highest BCUT2D eigenvalue weighted by atomic mass is 32.2. The number of hydrogen-bond donors (Lipinski definition) is 1. The van der Waals surface area contributed by atoms with E-state index in [2.05, 4.69) is 9.62 Å². The molecule has 4 rings (SSSR count). The van der Waals surface area contributed by atoms with Crippen molar-refractivity contribution in [3.8, 4) is 6.07 Å². The van der Waals surface area contributed by atoms with E-state index in [0.717, 1.165) is 45.1 Å². The quantitative estimate of drug-likeness (QED) is 0.753. The molecule has 168 valence electrons. The van der Waals surface area contributed by atoms with E-state index in [1.54, 1.807) is 0 Å². The summed E-state index contributed by atoms with van der Waals surface area (Å²) in [5, 5.41) is 8.87. The molecule has 0 atom stereocenters. The van der Waals surface area contributed by atoms with Crippen molar-refractivity contribution in [2.24, 2.45) is 5.92 Å². The van der Waals surface area contributed by atoms with Crippen LogP contribution in [0, 0.1) is 17.2 Å².